The normalized spacial score (nSPS) is 18.5. The molecule has 1 heterocycles. The lowest BCUT2D eigenvalue weighted by Crippen LogP contribution is -2.31. The fourth-order valence-electron chi connectivity index (χ4n) is 2.75. The van der Waals surface area contributed by atoms with Crippen molar-refractivity contribution in [2.75, 3.05) is 5.32 Å². The van der Waals surface area contributed by atoms with Crippen molar-refractivity contribution in [3.63, 3.8) is 0 Å². The molecular formula is C19H19ClN2O. The largest absolute Gasteiger partial charge is 0.322 e. The van der Waals surface area contributed by atoms with E-state index in [0.29, 0.717) is 10.7 Å². The Morgan fingerprint density at radius 2 is 1.91 bits per heavy atom. The maximum absolute atomic E-state index is 12.6. The molecule has 0 aromatic heterocycles. The molecule has 0 radical (unpaired) electrons. The Balaban J connectivity index is 2.22. The minimum atomic E-state index is -0.418. The third-order valence-electron chi connectivity index (χ3n) is 4.28. The molecule has 0 saturated carbocycles. The first-order valence-electron chi connectivity index (χ1n) is 7.84. The second-order valence-corrected chi connectivity index (χ2v) is 6.23. The van der Waals surface area contributed by atoms with Gasteiger partial charge in [-0.2, -0.15) is 0 Å². The van der Waals surface area contributed by atoms with Gasteiger partial charge < -0.3 is 5.32 Å². The van der Waals surface area contributed by atoms with Crippen LogP contribution in [0.2, 0.25) is 5.02 Å². The van der Waals surface area contributed by atoms with Crippen molar-refractivity contribution < 1.29 is 4.79 Å². The maximum atomic E-state index is 12.6. The van der Waals surface area contributed by atoms with Gasteiger partial charge in [-0.15, -0.1) is 0 Å². The fourth-order valence-corrected chi connectivity index (χ4v) is 2.97. The molecule has 2 aromatic carbocycles. The zero-order valence-electron chi connectivity index (χ0n) is 13.2. The van der Waals surface area contributed by atoms with Gasteiger partial charge in [0.1, 0.15) is 6.04 Å². The summed E-state index contributed by atoms with van der Waals surface area (Å²) in [5.74, 6) is 0.0569. The van der Waals surface area contributed by atoms with E-state index in [2.05, 4.69) is 12.2 Å². The number of anilines is 1. The van der Waals surface area contributed by atoms with E-state index < -0.39 is 6.04 Å². The molecule has 3 nitrogen and oxygen atoms in total. The molecule has 1 aliphatic rings. The molecule has 0 bridgehead atoms. The van der Waals surface area contributed by atoms with Gasteiger partial charge in [0, 0.05) is 11.1 Å². The van der Waals surface area contributed by atoms with E-state index in [-0.39, 0.29) is 11.8 Å². The highest BCUT2D eigenvalue weighted by molar-refractivity contribution is 6.36. The number of hydrogen-bond acceptors (Lipinski definition) is 2. The van der Waals surface area contributed by atoms with E-state index in [9.17, 15) is 4.79 Å². The van der Waals surface area contributed by atoms with Crippen LogP contribution >= 0.6 is 11.6 Å². The standard InChI is InChI=1S/C19H19ClN2O/c1-3-12(2)16-19(23)22-18-14(10-7-11-15(18)20)17(21-16)13-8-5-4-6-9-13/h4-12,16H,3H2,1-2H3,(H,22,23)/t12-,16-/m0/s1. The molecule has 23 heavy (non-hydrogen) atoms. The first-order valence-corrected chi connectivity index (χ1v) is 8.22. The monoisotopic (exact) mass is 326 g/mol. The summed E-state index contributed by atoms with van der Waals surface area (Å²) in [5, 5.41) is 3.50. The quantitative estimate of drug-likeness (QED) is 0.883. The van der Waals surface area contributed by atoms with E-state index in [1.54, 1.807) is 6.07 Å². The van der Waals surface area contributed by atoms with Crippen LogP contribution in [-0.2, 0) is 4.79 Å². The highest BCUT2D eigenvalue weighted by Crippen LogP contribution is 2.32. The number of nitrogens with one attached hydrogen (secondary N) is 1. The molecule has 4 heteroatoms. The summed E-state index contributed by atoms with van der Waals surface area (Å²) >= 11 is 6.32. The van der Waals surface area contributed by atoms with Crippen LogP contribution in [0.4, 0.5) is 5.69 Å². The van der Waals surface area contributed by atoms with Crippen molar-refractivity contribution >= 4 is 28.9 Å². The van der Waals surface area contributed by atoms with E-state index >= 15 is 0 Å². The van der Waals surface area contributed by atoms with Gasteiger partial charge in [0.15, 0.2) is 0 Å². The number of halogens is 1. The van der Waals surface area contributed by atoms with Crippen LogP contribution in [0, 0.1) is 5.92 Å². The first-order chi connectivity index (χ1) is 11.1. The van der Waals surface area contributed by atoms with Crippen molar-refractivity contribution in [2.24, 2.45) is 10.9 Å². The number of benzene rings is 2. The van der Waals surface area contributed by atoms with Gasteiger partial charge >= 0.3 is 0 Å². The van der Waals surface area contributed by atoms with Crippen LogP contribution < -0.4 is 5.32 Å². The molecule has 3 rings (SSSR count). The van der Waals surface area contributed by atoms with Crippen molar-refractivity contribution in [1.82, 2.24) is 0 Å². The van der Waals surface area contributed by atoms with Crippen LogP contribution in [0.3, 0.4) is 0 Å². The third kappa shape index (κ3) is 3.02. The summed E-state index contributed by atoms with van der Waals surface area (Å²) in [6.45, 7) is 4.12. The van der Waals surface area contributed by atoms with E-state index in [0.717, 1.165) is 23.3 Å². The van der Waals surface area contributed by atoms with Crippen LogP contribution in [0.25, 0.3) is 0 Å². The van der Waals surface area contributed by atoms with Gasteiger partial charge in [0.05, 0.1) is 16.4 Å². The number of para-hydroxylation sites is 1. The van der Waals surface area contributed by atoms with Crippen LogP contribution in [0.1, 0.15) is 31.4 Å². The number of hydrogen-bond donors (Lipinski definition) is 1. The van der Waals surface area contributed by atoms with Crippen molar-refractivity contribution in [1.29, 1.82) is 0 Å². The molecule has 0 aliphatic carbocycles. The molecule has 0 fully saturated rings. The molecule has 2 atom stereocenters. The molecular weight excluding hydrogens is 308 g/mol. The summed E-state index contributed by atoms with van der Waals surface area (Å²) in [4.78, 5) is 17.5. The SMILES string of the molecule is CC[C@H](C)[C@@H]1N=C(c2ccccc2)c2cccc(Cl)c2NC1=O. The fraction of sp³-hybridized carbons (Fsp3) is 0.263. The van der Waals surface area contributed by atoms with Crippen molar-refractivity contribution in [3.05, 3.63) is 64.7 Å². The highest BCUT2D eigenvalue weighted by atomic mass is 35.5. The molecule has 1 aliphatic heterocycles. The van der Waals surface area contributed by atoms with Gasteiger partial charge in [-0.05, 0) is 12.0 Å². The number of benzodiazepines with no additional fused rings is 1. The lowest BCUT2D eigenvalue weighted by molar-refractivity contribution is -0.118. The zero-order chi connectivity index (χ0) is 16.4. The van der Waals surface area contributed by atoms with Crippen LogP contribution in [0.5, 0.6) is 0 Å². The Morgan fingerprint density at radius 3 is 2.61 bits per heavy atom. The lowest BCUT2D eigenvalue weighted by Gasteiger charge is -2.17. The lowest BCUT2D eigenvalue weighted by atomic mass is 9.98. The summed E-state index contributed by atoms with van der Waals surface area (Å²) in [6, 6.07) is 15.1. The zero-order valence-corrected chi connectivity index (χ0v) is 14.0. The van der Waals surface area contributed by atoms with Crippen LogP contribution in [0.15, 0.2) is 53.5 Å². The van der Waals surface area contributed by atoms with E-state index in [4.69, 9.17) is 16.6 Å². The summed E-state index contributed by atoms with van der Waals surface area (Å²) in [6.07, 6.45) is 0.883. The predicted molar refractivity (Wildman–Crippen MR) is 95.4 cm³/mol. The Labute approximate surface area is 141 Å². The van der Waals surface area contributed by atoms with Gasteiger partial charge in [-0.3, -0.25) is 9.79 Å². The van der Waals surface area contributed by atoms with Gasteiger partial charge in [0.25, 0.3) is 0 Å². The Morgan fingerprint density at radius 1 is 1.17 bits per heavy atom. The summed E-state index contributed by atoms with van der Waals surface area (Å²) in [7, 11) is 0. The second kappa shape index (κ2) is 6.55. The van der Waals surface area contributed by atoms with E-state index in [1.807, 2.05) is 49.4 Å². The van der Waals surface area contributed by atoms with Gasteiger partial charge in [-0.1, -0.05) is 74.3 Å². The molecule has 0 saturated heterocycles. The number of nitrogens with zero attached hydrogens (tertiary/aromatic N) is 1. The minimum Gasteiger partial charge on any atom is -0.322 e. The summed E-state index contributed by atoms with van der Waals surface area (Å²) in [5.41, 5.74) is 3.31. The van der Waals surface area contributed by atoms with Gasteiger partial charge in [-0.25, -0.2) is 0 Å². The minimum absolute atomic E-state index is 0.0976. The number of carbonyl (C=O) groups is 1. The smallest absolute Gasteiger partial charge is 0.249 e. The number of fused-ring (bicyclic) bond motifs is 1. The number of rotatable bonds is 3. The topological polar surface area (TPSA) is 41.5 Å². The van der Waals surface area contributed by atoms with Crippen LogP contribution in [-0.4, -0.2) is 17.7 Å². The van der Waals surface area contributed by atoms with E-state index in [1.165, 1.54) is 0 Å². The molecule has 2 aromatic rings. The molecule has 118 valence electrons. The average Bonchev–Trinajstić information content (AvgIpc) is 2.72. The Bertz CT molecular complexity index is 755. The molecule has 0 unspecified atom stereocenters. The maximum Gasteiger partial charge on any atom is 0.249 e. The summed E-state index contributed by atoms with van der Waals surface area (Å²) < 4.78 is 0. The van der Waals surface area contributed by atoms with Crippen molar-refractivity contribution in [3.8, 4) is 0 Å². The molecule has 1 N–H and O–H groups in total. The Hall–Kier alpha value is -2.13. The predicted octanol–water partition coefficient (Wildman–Crippen LogP) is 4.54. The average molecular weight is 327 g/mol. The number of aliphatic imine (C=N–C) groups is 1. The number of carbonyl (C=O) groups excluding carboxylic acids is 1. The molecule has 0 spiro atoms. The molecule has 1 amide bonds. The van der Waals surface area contributed by atoms with Gasteiger partial charge in [0.2, 0.25) is 5.91 Å². The Kier molecular flexibility index (Phi) is 4.49. The second-order valence-electron chi connectivity index (χ2n) is 5.83. The number of amides is 1. The highest BCUT2D eigenvalue weighted by Gasteiger charge is 2.29. The van der Waals surface area contributed by atoms with Crippen molar-refractivity contribution in [2.45, 2.75) is 26.3 Å². The first kappa shape index (κ1) is 15.8. The third-order valence-corrected chi connectivity index (χ3v) is 4.60.